The summed E-state index contributed by atoms with van der Waals surface area (Å²) in [6.45, 7) is 3.53. The Labute approximate surface area is 97.4 Å². The third-order valence-corrected chi connectivity index (χ3v) is 3.80. The first kappa shape index (κ1) is 10.2. The van der Waals surface area contributed by atoms with Crippen LogP contribution in [0.1, 0.15) is 24.0 Å². The summed E-state index contributed by atoms with van der Waals surface area (Å²) in [5.41, 5.74) is 4.39. The van der Waals surface area contributed by atoms with Gasteiger partial charge in [0.15, 0.2) is 0 Å². The molecular weight excluding hydrogens is 196 g/mol. The first-order chi connectivity index (χ1) is 7.92. The Hall–Kier alpha value is -1.02. The number of fused-ring (bicyclic) bond motifs is 1. The zero-order chi connectivity index (χ0) is 10.8. The van der Waals surface area contributed by atoms with Crippen LogP contribution in [-0.2, 0) is 12.8 Å². The van der Waals surface area contributed by atoms with E-state index < -0.39 is 0 Å². The van der Waals surface area contributed by atoms with Crippen LogP contribution >= 0.6 is 0 Å². The van der Waals surface area contributed by atoms with E-state index in [1.807, 2.05) is 0 Å². The molecule has 1 fully saturated rings. The molecule has 0 saturated carbocycles. The minimum Gasteiger partial charge on any atom is -0.384 e. The van der Waals surface area contributed by atoms with Crippen molar-refractivity contribution < 1.29 is 0 Å². The van der Waals surface area contributed by atoms with E-state index in [1.54, 1.807) is 0 Å². The fourth-order valence-electron chi connectivity index (χ4n) is 2.92. The van der Waals surface area contributed by atoms with Gasteiger partial charge in [0.2, 0.25) is 0 Å². The Morgan fingerprint density at radius 1 is 1.25 bits per heavy atom. The second-order valence-electron chi connectivity index (χ2n) is 5.08. The van der Waals surface area contributed by atoms with Gasteiger partial charge in [-0.05, 0) is 61.9 Å². The summed E-state index contributed by atoms with van der Waals surface area (Å²) < 4.78 is 0. The van der Waals surface area contributed by atoms with Gasteiger partial charge < -0.3 is 10.6 Å². The second kappa shape index (κ2) is 4.46. The quantitative estimate of drug-likeness (QED) is 0.792. The lowest BCUT2D eigenvalue weighted by molar-refractivity contribution is 0.376. The lowest BCUT2D eigenvalue weighted by Crippen LogP contribution is -2.30. The fourth-order valence-corrected chi connectivity index (χ4v) is 2.92. The van der Waals surface area contributed by atoms with E-state index in [2.05, 4.69) is 28.8 Å². The maximum atomic E-state index is 3.50. The molecule has 0 bridgehead atoms. The van der Waals surface area contributed by atoms with Crippen LogP contribution in [0.2, 0.25) is 0 Å². The van der Waals surface area contributed by atoms with Crippen molar-refractivity contribution in [3.63, 3.8) is 0 Å². The van der Waals surface area contributed by atoms with Gasteiger partial charge in [-0.25, -0.2) is 0 Å². The predicted octanol–water partition coefficient (Wildman–Crippen LogP) is 2.20. The van der Waals surface area contributed by atoms with Crippen LogP contribution in [0.3, 0.4) is 0 Å². The number of benzene rings is 1. The van der Waals surface area contributed by atoms with Crippen molar-refractivity contribution >= 4 is 5.69 Å². The molecule has 2 aliphatic heterocycles. The first-order valence-corrected chi connectivity index (χ1v) is 6.48. The number of nitrogens with one attached hydrogen (secondary N) is 2. The summed E-state index contributed by atoms with van der Waals surface area (Å²) in [6, 6.07) is 6.96. The molecule has 1 aromatic rings. The molecule has 1 atom stereocenters. The average Bonchev–Trinajstić information content (AvgIpc) is 2.77. The molecular formula is C14H20N2. The van der Waals surface area contributed by atoms with Crippen LogP contribution in [0.4, 0.5) is 5.69 Å². The van der Waals surface area contributed by atoms with Crippen molar-refractivity contribution in [2.45, 2.75) is 25.7 Å². The van der Waals surface area contributed by atoms with E-state index in [1.165, 1.54) is 55.6 Å². The van der Waals surface area contributed by atoms with Gasteiger partial charge in [0.25, 0.3) is 0 Å². The minimum absolute atomic E-state index is 0.848. The van der Waals surface area contributed by atoms with Crippen molar-refractivity contribution in [3.05, 3.63) is 29.3 Å². The van der Waals surface area contributed by atoms with E-state index in [4.69, 9.17) is 0 Å². The Balaban J connectivity index is 1.69. The molecule has 3 rings (SSSR count). The van der Waals surface area contributed by atoms with Crippen molar-refractivity contribution in [1.29, 1.82) is 0 Å². The average molecular weight is 216 g/mol. The summed E-state index contributed by atoms with van der Waals surface area (Å²) >= 11 is 0. The fraction of sp³-hybridized carbons (Fsp3) is 0.571. The molecule has 16 heavy (non-hydrogen) atoms. The van der Waals surface area contributed by atoms with Crippen molar-refractivity contribution in [2.24, 2.45) is 5.92 Å². The van der Waals surface area contributed by atoms with Crippen LogP contribution in [-0.4, -0.2) is 19.6 Å². The summed E-state index contributed by atoms with van der Waals surface area (Å²) in [5, 5.41) is 6.91. The van der Waals surface area contributed by atoms with E-state index in [0.29, 0.717) is 0 Å². The highest BCUT2D eigenvalue weighted by Gasteiger charge is 2.15. The second-order valence-corrected chi connectivity index (χ2v) is 5.08. The maximum Gasteiger partial charge on any atom is 0.0373 e. The molecule has 0 aromatic heterocycles. The number of piperidine rings is 1. The molecule has 2 heteroatoms. The third-order valence-electron chi connectivity index (χ3n) is 3.80. The molecule has 1 saturated heterocycles. The topological polar surface area (TPSA) is 24.1 Å². The van der Waals surface area contributed by atoms with E-state index >= 15 is 0 Å². The smallest absolute Gasteiger partial charge is 0.0373 e. The largest absolute Gasteiger partial charge is 0.384 e. The zero-order valence-corrected chi connectivity index (χ0v) is 9.76. The SMILES string of the molecule is c1cc2c(cc1CC1CCCNC1)CCN2. The van der Waals surface area contributed by atoms with Gasteiger partial charge in [-0.15, -0.1) is 0 Å². The minimum atomic E-state index is 0.848. The maximum absolute atomic E-state index is 3.50. The molecule has 1 unspecified atom stereocenters. The van der Waals surface area contributed by atoms with Crippen molar-refractivity contribution in [2.75, 3.05) is 25.0 Å². The number of anilines is 1. The van der Waals surface area contributed by atoms with Crippen LogP contribution in [0.25, 0.3) is 0 Å². The highest BCUT2D eigenvalue weighted by atomic mass is 14.9. The Kier molecular flexibility index (Phi) is 2.83. The molecule has 0 amide bonds. The summed E-state index contributed by atoms with van der Waals surface area (Å²) in [5.74, 6) is 0.848. The van der Waals surface area contributed by atoms with Gasteiger partial charge in [0.1, 0.15) is 0 Å². The predicted molar refractivity (Wildman–Crippen MR) is 67.9 cm³/mol. The lowest BCUT2D eigenvalue weighted by Gasteiger charge is -2.22. The van der Waals surface area contributed by atoms with Crippen LogP contribution in [0, 0.1) is 5.92 Å². The highest BCUT2D eigenvalue weighted by molar-refractivity contribution is 5.56. The highest BCUT2D eigenvalue weighted by Crippen LogP contribution is 2.25. The molecule has 0 radical (unpaired) electrons. The summed E-state index contributed by atoms with van der Waals surface area (Å²) in [4.78, 5) is 0. The number of rotatable bonds is 2. The zero-order valence-electron chi connectivity index (χ0n) is 9.76. The van der Waals surface area contributed by atoms with Gasteiger partial charge in [0, 0.05) is 12.2 Å². The van der Waals surface area contributed by atoms with E-state index in [9.17, 15) is 0 Å². The summed E-state index contributed by atoms with van der Waals surface area (Å²) in [7, 11) is 0. The molecule has 2 heterocycles. The monoisotopic (exact) mass is 216 g/mol. The van der Waals surface area contributed by atoms with Gasteiger partial charge in [-0.2, -0.15) is 0 Å². The van der Waals surface area contributed by atoms with Crippen LogP contribution in [0.15, 0.2) is 18.2 Å². The normalized spacial score (nSPS) is 23.9. The number of hydrogen-bond acceptors (Lipinski definition) is 2. The van der Waals surface area contributed by atoms with Gasteiger partial charge in [-0.1, -0.05) is 12.1 Å². The van der Waals surface area contributed by atoms with Crippen LogP contribution in [0.5, 0.6) is 0 Å². The molecule has 2 N–H and O–H groups in total. The van der Waals surface area contributed by atoms with E-state index in [-0.39, 0.29) is 0 Å². The Bertz CT molecular complexity index is 367. The van der Waals surface area contributed by atoms with E-state index in [0.717, 1.165) is 12.5 Å². The van der Waals surface area contributed by atoms with Gasteiger partial charge >= 0.3 is 0 Å². The van der Waals surface area contributed by atoms with Gasteiger partial charge in [-0.3, -0.25) is 0 Å². The molecule has 0 aliphatic carbocycles. The molecule has 1 aromatic carbocycles. The molecule has 0 spiro atoms. The number of hydrogen-bond donors (Lipinski definition) is 2. The standard InChI is InChI=1S/C14H20N2/c1-2-12(10-15-6-1)8-11-3-4-14-13(9-11)5-7-16-14/h3-4,9,12,15-16H,1-2,5-8,10H2. The van der Waals surface area contributed by atoms with Crippen molar-refractivity contribution in [3.8, 4) is 0 Å². The first-order valence-electron chi connectivity index (χ1n) is 6.48. The van der Waals surface area contributed by atoms with Crippen molar-refractivity contribution in [1.82, 2.24) is 5.32 Å². The summed E-state index contributed by atoms with van der Waals surface area (Å²) in [6.07, 6.45) is 5.19. The third kappa shape index (κ3) is 2.07. The van der Waals surface area contributed by atoms with Gasteiger partial charge in [0.05, 0.1) is 0 Å². The molecule has 86 valence electrons. The molecule has 2 nitrogen and oxygen atoms in total. The Morgan fingerprint density at radius 2 is 2.25 bits per heavy atom. The van der Waals surface area contributed by atoms with Crippen LogP contribution < -0.4 is 10.6 Å². The Morgan fingerprint density at radius 3 is 3.12 bits per heavy atom. The molecule has 2 aliphatic rings. The lowest BCUT2D eigenvalue weighted by atomic mass is 9.91.